The highest BCUT2D eigenvalue weighted by molar-refractivity contribution is 7.90. The lowest BCUT2D eigenvalue weighted by atomic mass is 10.1. The second-order valence-corrected chi connectivity index (χ2v) is 13.1. The molecule has 42 heavy (non-hydrogen) atoms. The number of carbonyl (C=O) groups is 1. The van der Waals surface area contributed by atoms with Gasteiger partial charge in [0, 0.05) is 30.0 Å². The third-order valence-electron chi connectivity index (χ3n) is 7.76. The van der Waals surface area contributed by atoms with E-state index in [0.29, 0.717) is 39.7 Å². The maximum Gasteiger partial charge on any atom is 0.268 e. The number of hydrogen-bond donors (Lipinski definition) is 0. The Kier molecular flexibility index (Phi) is 6.47. The standard InChI is InChI=1S/C31H27ClN6O3S/c1-20-2-6-26(7-3-20)42(40,41)38-25(14-28-30(38)12-22(15-33-28)21-4-5-21)18-37-17-23(16-35-37)31(39)9-8-27-29-13-24(32)10-11-36(29)19-34-27/h2-3,6-7,10-17,19,21H,4-5,8-9,18H2,1H3. The molecule has 0 radical (unpaired) electrons. The Bertz CT molecular complexity index is 2090. The van der Waals surface area contributed by atoms with Crippen LogP contribution >= 0.6 is 11.6 Å². The first-order chi connectivity index (χ1) is 20.3. The van der Waals surface area contributed by atoms with Gasteiger partial charge in [0.05, 0.1) is 57.5 Å². The molecule has 0 N–H and O–H groups in total. The number of aromatic nitrogens is 6. The van der Waals surface area contributed by atoms with E-state index in [2.05, 4.69) is 15.1 Å². The van der Waals surface area contributed by atoms with Gasteiger partial charge in [0.1, 0.15) is 0 Å². The van der Waals surface area contributed by atoms with Gasteiger partial charge < -0.3 is 4.40 Å². The van der Waals surface area contributed by atoms with E-state index in [1.165, 1.54) is 10.2 Å². The van der Waals surface area contributed by atoms with Crippen LogP contribution in [-0.2, 0) is 23.0 Å². The zero-order chi connectivity index (χ0) is 29.0. The average Bonchev–Trinajstić information content (AvgIpc) is 3.41. The van der Waals surface area contributed by atoms with Crippen LogP contribution in [0.25, 0.3) is 16.6 Å². The maximum absolute atomic E-state index is 14.0. The fourth-order valence-electron chi connectivity index (χ4n) is 5.32. The Morgan fingerprint density at radius 1 is 1.02 bits per heavy atom. The fraction of sp³-hybridized carbons (Fsp3) is 0.226. The van der Waals surface area contributed by atoms with Crippen LogP contribution in [0.5, 0.6) is 0 Å². The molecule has 1 saturated carbocycles. The lowest BCUT2D eigenvalue weighted by Crippen LogP contribution is -2.17. The predicted molar refractivity (Wildman–Crippen MR) is 160 cm³/mol. The summed E-state index contributed by atoms with van der Waals surface area (Å²) >= 11 is 6.14. The van der Waals surface area contributed by atoms with Crippen LogP contribution in [0.4, 0.5) is 0 Å². The Morgan fingerprint density at radius 2 is 1.83 bits per heavy atom. The number of hydrogen-bond acceptors (Lipinski definition) is 6. The highest BCUT2D eigenvalue weighted by atomic mass is 35.5. The molecule has 0 bridgehead atoms. The maximum atomic E-state index is 14.0. The van der Waals surface area contributed by atoms with Crippen LogP contribution in [0.1, 0.15) is 58.1 Å². The van der Waals surface area contributed by atoms with Gasteiger partial charge in [-0.3, -0.25) is 14.5 Å². The minimum absolute atomic E-state index is 0.0759. The number of benzene rings is 1. The van der Waals surface area contributed by atoms with Gasteiger partial charge in [-0.05, 0) is 74.1 Å². The lowest BCUT2D eigenvalue weighted by Gasteiger charge is -2.13. The molecule has 6 aromatic rings. The smallest absolute Gasteiger partial charge is 0.268 e. The largest absolute Gasteiger partial charge is 0.306 e. The van der Waals surface area contributed by atoms with E-state index in [0.717, 1.165) is 35.2 Å². The minimum atomic E-state index is -3.93. The average molecular weight is 599 g/mol. The number of rotatable bonds is 9. The second kappa shape index (κ2) is 10.2. The van der Waals surface area contributed by atoms with Gasteiger partial charge in [-0.1, -0.05) is 29.3 Å². The summed E-state index contributed by atoms with van der Waals surface area (Å²) in [4.78, 5) is 22.3. The van der Waals surface area contributed by atoms with E-state index in [1.807, 2.05) is 35.9 Å². The van der Waals surface area contributed by atoms with Crippen LogP contribution in [0, 0.1) is 6.92 Å². The van der Waals surface area contributed by atoms with Gasteiger partial charge in [0.15, 0.2) is 5.78 Å². The first-order valence-electron chi connectivity index (χ1n) is 13.8. The van der Waals surface area contributed by atoms with E-state index in [4.69, 9.17) is 11.6 Å². The van der Waals surface area contributed by atoms with Crippen molar-refractivity contribution in [3.63, 3.8) is 0 Å². The van der Waals surface area contributed by atoms with E-state index in [9.17, 15) is 13.2 Å². The van der Waals surface area contributed by atoms with Crippen molar-refractivity contribution in [1.29, 1.82) is 0 Å². The highest BCUT2D eigenvalue weighted by Crippen LogP contribution is 2.41. The highest BCUT2D eigenvalue weighted by Gasteiger charge is 2.28. The molecule has 0 saturated heterocycles. The molecule has 9 nitrogen and oxygen atoms in total. The van der Waals surface area contributed by atoms with Crippen molar-refractivity contribution in [2.24, 2.45) is 0 Å². The Morgan fingerprint density at radius 3 is 2.62 bits per heavy atom. The summed E-state index contributed by atoms with van der Waals surface area (Å²) in [7, 11) is -3.93. The molecule has 0 aliphatic heterocycles. The topological polar surface area (TPSA) is 104 Å². The monoisotopic (exact) mass is 598 g/mol. The zero-order valence-corrected chi connectivity index (χ0v) is 24.4. The normalized spacial score (nSPS) is 13.8. The van der Waals surface area contributed by atoms with E-state index in [1.54, 1.807) is 53.6 Å². The van der Waals surface area contributed by atoms with E-state index < -0.39 is 10.0 Å². The SMILES string of the molecule is Cc1ccc(S(=O)(=O)n2c(Cn3cc(C(=O)CCc4ncn5ccc(Cl)cc45)cn3)cc3ncc(C4CC4)cc32)cc1. The summed E-state index contributed by atoms with van der Waals surface area (Å²) in [5.74, 6) is 0.348. The van der Waals surface area contributed by atoms with Crippen LogP contribution in [0.15, 0.2) is 84.5 Å². The first kappa shape index (κ1) is 26.6. The van der Waals surface area contributed by atoms with Crippen LogP contribution < -0.4 is 0 Å². The molecular weight excluding hydrogens is 572 g/mol. The molecular formula is C31H27ClN6O3S. The summed E-state index contributed by atoms with van der Waals surface area (Å²) in [6, 6.07) is 14.2. The number of fused-ring (bicyclic) bond motifs is 2. The lowest BCUT2D eigenvalue weighted by molar-refractivity contribution is 0.0982. The molecule has 1 aromatic carbocycles. The summed E-state index contributed by atoms with van der Waals surface area (Å²) < 4.78 is 32.8. The molecule has 1 fully saturated rings. The molecule has 212 valence electrons. The summed E-state index contributed by atoms with van der Waals surface area (Å²) in [5.41, 5.74) is 5.79. The second-order valence-electron chi connectivity index (χ2n) is 10.8. The molecule has 0 atom stereocenters. The third-order valence-corrected chi connectivity index (χ3v) is 9.77. The van der Waals surface area contributed by atoms with Gasteiger partial charge in [-0.15, -0.1) is 0 Å². The molecule has 11 heteroatoms. The third kappa shape index (κ3) is 4.90. The Balaban J connectivity index is 1.18. The zero-order valence-electron chi connectivity index (χ0n) is 22.8. The fourth-order valence-corrected chi connectivity index (χ4v) is 6.99. The summed E-state index contributed by atoms with van der Waals surface area (Å²) in [5, 5.41) is 5.01. The van der Waals surface area contributed by atoms with Gasteiger partial charge >= 0.3 is 0 Å². The number of nitrogens with zero attached hydrogens (tertiary/aromatic N) is 6. The number of carbonyl (C=O) groups excluding carboxylic acids is 1. The molecule has 1 aliphatic rings. The number of pyridine rings is 2. The van der Waals surface area contributed by atoms with Crippen molar-refractivity contribution < 1.29 is 13.2 Å². The molecule has 5 heterocycles. The predicted octanol–water partition coefficient (Wildman–Crippen LogP) is 5.82. The van der Waals surface area contributed by atoms with Crippen molar-refractivity contribution >= 4 is 44.0 Å². The minimum Gasteiger partial charge on any atom is -0.306 e. The van der Waals surface area contributed by atoms with Gasteiger partial charge in [0.2, 0.25) is 0 Å². The van der Waals surface area contributed by atoms with Crippen molar-refractivity contribution in [3.05, 3.63) is 113 Å². The molecule has 5 aromatic heterocycles. The van der Waals surface area contributed by atoms with E-state index >= 15 is 0 Å². The van der Waals surface area contributed by atoms with E-state index in [-0.39, 0.29) is 23.6 Å². The van der Waals surface area contributed by atoms with Crippen molar-refractivity contribution in [1.82, 2.24) is 28.1 Å². The number of halogens is 1. The Hall–Kier alpha value is -4.28. The van der Waals surface area contributed by atoms with Crippen molar-refractivity contribution in [2.75, 3.05) is 0 Å². The number of aryl methyl sites for hydroxylation is 2. The van der Waals surface area contributed by atoms with Gasteiger partial charge in [-0.25, -0.2) is 17.4 Å². The molecule has 0 amide bonds. The molecule has 0 unspecified atom stereocenters. The van der Waals surface area contributed by atoms with Crippen LogP contribution in [-0.4, -0.2) is 42.3 Å². The number of Topliss-reactive ketones (excluding diaryl/α,β-unsaturated/α-hetero) is 1. The van der Waals surface area contributed by atoms with Gasteiger partial charge in [-0.2, -0.15) is 5.10 Å². The quantitative estimate of drug-likeness (QED) is 0.194. The van der Waals surface area contributed by atoms with Gasteiger partial charge in [0.25, 0.3) is 10.0 Å². The first-order valence-corrected chi connectivity index (χ1v) is 15.6. The molecule has 7 rings (SSSR count). The van der Waals surface area contributed by atoms with Crippen LogP contribution in [0.3, 0.4) is 0 Å². The summed E-state index contributed by atoms with van der Waals surface area (Å²) in [6.45, 7) is 2.07. The van der Waals surface area contributed by atoms with Crippen molar-refractivity contribution in [3.8, 4) is 0 Å². The number of ketones is 1. The number of imidazole rings is 1. The molecule has 0 spiro atoms. The Labute approximate surface area is 247 Å². The van der Waals surface area contributed by atoms with Crippen molar-refractivity contribution in [2.45, 2.75) is 50.0 Å². The molecule has 1 aliphatic carbocycles. The van der Waals surface area contributed by atoms with Crippen LogP contribution in [0.2, 0.25) is 5.02 Å². The summed E-state index contributed by atoms with van der Waals surface area (Å²) in [6.07, 6.45) is 11.4.